The number of amides is 1. The number of nitrogens with zero attached hydrogens (tertiary/aromatic N) is 2. The predicted molar refractivity (Wildman–Crippen MR) is 188 cm³/mol. The lowest BCUT2D eigenvalue weighted by Gasteiger charge is -2.50. The second-order valence-corrected chi connectivity index (χ2v) is 13.5. The van der Waals surface area contributed by atoms with Crippen molar-refractivity contribution in [2.75, 3.05) is 45.0 Å². The van der Waals surface area contributed by atoms with Gasteiger partial charge < -0.3 is 41.1 Å². The highest BCUT2D eigenvalue weighted by atomic mass is 16.5. The van der Waals surface area contributed by atoms with Crippen LogP contribution >= 0.6 is 0 Å². The summed E-state index contributed by atoms with van der Waals surface area (Å²) in [6.07, 6.45) is -0.238. The molecule has 1 amide bonds. The summed E-state index contributed by atoms with van der Waals surface area (Å²) in [5.41, 5.74) is 5.59. The van der Waals surface area contributed by atoms with Crippen molar-refractivity contribution in [2.45, 2.75) is 37.6 Å². The summed E-state index contributed by atoms with van der Waals surface area (Å²) < 4.78 is 5.97. The molecule has 3 aromatic rings. The molecule has 0 fully saturated rings. The van der Waals surface area contributed by atoms with E-state index in [1.54, 1.807) is 14.1 Å². The first-order valence-electron chi connectivity index (χ1n) is 16.5. The number of hydrogen-bond donors (Lipinski definition) is 6. The van der Waals surface area contributed by atoms with Gasteiger partial charge in [0.05, 0.1) is 11.6 Å². The van der Waals surface area contributed by atoms with Crippen molar-refractivity contribution in [1.82, 2.24) is 4.90 Å². The Kier molecular flexibility index (Phi) is 8.98. The molecule has 0 saturated heterocycles. The Morgan fingerprint density at radius 2 is 1.70 bits per heavy atom. The van der Waals surface area contributed by atoms with Crippen LogP contribution in [0.3, 0.4) is 0 Å². The highest BCUT2D eigenvalue weighted by Gasteiger charge is 2.63. The third kappa shape index (κ3) is 5.40. The number of phenols is 1. The molecule has 0 bridgehead atoms. The van der Waals surface area contributed by atoms with Gasteiger partial charge in [-0.05, 0) is 69.1 Å². The molecule has 50 heavy (non-hydrogen) atoms. The lowest BCUT2D eigenvalue weighted by atomic mass is 9.58. The molecule has 0 aromatic heterocycles. The highest BCUT2D eigenvalue weighted by Crippen LogP contribution is 2.54. The Hall–Kier alpha value is -5.17. The van der Waals surface area contributed by atoms with Crippen LogP contribution in [0.5, 0.6) is 5.75 Å². The zero-order chi connectivity index (χ0) is 36.2. The van der Waals surface area contributed by atoms with Crippen LogP contribution in [0.1, 0.15) is 41.1 Å². The molecule has 3 aliphatic rings. The molecule has 0 saturated carbocycles. The fourth-order valence-electron chi connectivity index (χ4n) is 7.83. The van der Waals surface area contributed by atoms with Gasteiger partial charge in [-0.3, -0.25) is 19.3 Å². The first-order valence-corrected chi connectivity index (χ1v) is 16.5. The number of para-hydroxylation sites is 1. The van der Waals surface area contributed by atoms with Gasteiger partial charge >= 0.3 is 0 Å². The van der Waals surface area contributed by atoms with Crippen LogP contribution in [0.4, 0.5) is 11.4 Å². The second kappa shape index (κ2) is 12.9. The van der Waals surface area contributed by atoms with E-state index in [9.17, 15) is 34.8 Å². The van der Waals surface area contributed by atoms with Crippen molar-refractivity contribution in [3.63, 3.8) is 0 Å². The minimum atomic E-state index is -2.71. The number of Topliss-reactive ketones (excluding diaryl/α,β-unsaturated/α-hetero) is 2. The second-order valence-electron chi connectivity index (χ2n) is 13.5. The number of aromatic hydroxyl groups is 1. The molecule has 2 unspecified atom stereocenters. The van der Waals surface area contributed by atoms with E-state index in [0.717, 1.165) is 11.3 Å². The average molecular weight is 683 g/mol. The number of phenolic OH excluding ortho intramolecular Hbond substituents is 1. The number of likely N-dealkylation sites (N-methyl/N-ethyl adjacent to an activating group) is 1. The van der Waals surface area contributed by atoms with Crippen LogP contribution in [0.25, 0.3) is 11.1 Å². The molecular formula is C38H42N4O8. The lowest BCUT2D eigenvalue weighted by molar-refractivity contribution is -0.148. The van der Waals surface area contributed by atoms with Gasteiger partial charge in [0, 0.05) is 54.7 Å². The quantitative estimate of drug-likeness (QED) is 0.142. The molecule has 12 heteroatoms. The first kappa shape index (κ1) is 34.7. The molecule has 262 valence electrons. The summed E-state index contributed by atoms with van der Waals surface area (Å²) in [4.78, 5) is 43.8. The normalized spacial score (nSPS) is 23.7. The number of hydrogen-bond acceptors (Lipinski definition) is 11. The van der Waals surface area contributed by atoms with Crippen LogP contribution in [-0.2, 0) is 20.7 Å². The highest BCUT2D eigenvalue weighted by molar-refractivity contribution is 6.25. The number of nitrogens with two attached hydrogens (primary N) is 1. The molecule has 3 aromatic carbocycles. The maximum Gasteiger partial charge on any atom is 0.255 e. The van der Waals surface area contributed by atoms with Crippen LogP contribution < -0.4 is 16.0 Å². The van der Waals surface area contributed by atoms with Gasteiger partial charge in [0.2, 0.25) is 5.78 Å². The number of ketones is 2. The maximum absolute atomic E-state index is 14.4. The standard InChI is InChI=1S/C38H42N4O8/c1-6-50-37(40-22-10-8-7-9-11-22)20-14-12-19(13-15-20)23-18-26(41(2)3)24-16-21-17-25-30(42(4)5)33(45)29(36(39)48)35(47)38(25,49)34(46)27(21)32(44)28(24)31(23)43/h7-15,18,21,25,30,37,40,43,45-46,49H,6,16-17H2,1-5H3,(H2,39,48)/t21-,25-,30?,37?,38-/m0/s1. The molecule has 0 aliphatic heterocycles. The van der Waals surface area contributed by atoms with E-state index in [0.29, 0.717) is 29.0 Å². The van der Waals surface area contributed by atoms with Gasteiger partial charge in [-0.1, -0.05) is 42.5 Å². The van der Waals surface area contributed by atoms with Gasteiger partial charge in [-0.15, -0.1) is 0 Å². The summed E-state index contributed by atoms with van der Waals surface area (Å²) in [6, 6.07) is 17.8. The number of primary amides is 1. The van der Waals surface area contributed by atoms with Crippen molar-refractivity contribution < 1.29 is 39.5 Å². The Morgan fingerprint density at radius 3 is 2.28 bits per heavy atom. The van der Waals surface area contributed by atoms with Crippen LogP contribution in [0, 0.1) is 11.8 Å². The SMILES string of the molecule is CCOC(Nc1ccccc1)c1ccc(-c2cc(N(C)C)c3c(c2O)C(=O)C2=C(O)[C@]4(O)C(=O)C(C(N)=O)=C(O)C(N(C)C)[C@@H]4C[C@@H]2C3)cc1. The fourth-order valence-corrected chi connectivity index (χ4v) is 7.83. The number of carbonyl (C=O) groups is 3. The van der Waals surface area contributed by atoms with E-state index in [-0.39, 0.29) is 29.7 Å². The summed E-state index contributed by atoms with van der Waals surface area (Å²) in [5, 5.41) is 49.8. The van der Waals surface area contributed by atoms with Crippen molar-refractivity contribution in [1.29, 1.82) is 0 Å². The average Bonchev–Trinajstić information content (AvgIpc) is 3.06. The van der Waals surface area contributed by atoms with E-state index in [1.165, 1.54) is 4.90 Å². The summed E-state index contributed by atoms with van der Waals surface area (Å²) in [7, 11) is 6.84. The van der Waals surface area contributed by atoms with Crippen molar-refractivity contribution in [2.24, 2.45) is 17.6 Å². The fraction of sp³-hybridized carbons (Fsp3) is 0.342. The molecule has 0 heterocycles. The number of fused-ring (bicyclic) bond motifs is 3. The van der Waals surface area contributed by atoms with E-state index in [2.05, 4.69) is 5.32 Å². The topological polar surface area (TPSA) is 186 Å². The number of ether oxygens (including phenoxy) is 1. The van der Waals surface area contributed by atoms with E-state index in [4.69, 9.17) is 10.5 Å². The number of rotatable bonds is 9. The molecule has 7 N–H and O–H groups in total. The third-order valence-electron chi connectivity index (χ3n) is 10.1. The van der Waals surface area contributed by atoms with Gasteiger partial charge in [-0.25, -0.2) is 0 Å². The minimum Gasteiger partial charge on any atom is -0.510 e. The number of nitrogens with one attached hydrogen (secondary N) is 1. The number of benzene rings is 3. The summed E-state index contributed by atoms with van der Waals surface area (Å²) in [6.45, 7) is 2.37. The monoisotopic (exact) mass is 682 g/mol. The van der Waals surface area contributed by atoms with Crippen LogP contribution in [0.15, 0.2) is 83.3 Å². The predicted octanol–water partition coefficient (Wildman–Crippen LogP) is 4.00. The van der Waals surface area contributed by atoms with Gasteiger partial charge in [-0.2, -0.15) is 0 Å². The zero-order valence-corrected chi connectivity index (χ0v) is 28.6. The van der Waals surface area contributed by atoms with Crippen LogP contribution in [-0.4, -0.2) is 89.2 Å². The smallest absolute Gasteiger partial charge is 0.255 e. The van der Waals surface area contributed by atoms with Crippen molar-refractivity contribution in [3.8, 4) is 16.9 Å². The Morgan fingerprint density at radius 1 is 1.04 bits per heavy atom. The number of aliphatic hydroxyl groups excluding tert-OH is 2. The largest absolute Gasteiger partial charge is 0.510 e. The number of allylic oxidation sites excluding steroid dienone is 1. The number of carbonyl (C=O) groups excluding carboxylic acids is 3. The Bertz CT molecular complexity index is 1940. The molecule has 0 radical (unpaired) electrons. The summed E-state index contributed by atoms with van der Waals surface area (Å²) >= 11 is 0. The molecular weight excluding hydrogens is 640 g/mol. The Balaban J connectivity index is 1.44. The molecule has 6 rings (SSSR count). The molecule has 0 spiro atoms. The van der Waals surface area contributed by atoms with Gasteiger partial charge in [0.15, 0.2) is 17.6 Å². The summed E-state index contributed by atoms with van der Waals surface area (Å²) in [5.74, 6) is -6.85. The third-order valence-corrected chi connectivity index (χ3v) is 10.1. The van der Waals surface area contributed by atoms with Crippen LogP contribution in [0.2, 0.25) is 0 Å². The zero-order valence-electron chi connectivity index (χ0n) is 28.6. The number of anilines is 2. The van der Waals surface area contributed by atoms with Gasteiger partial charge in [0.25, 0.3) is 5.91 Å². The van der Waals surface area contributed by atoms with E-state index in [1.807, 2.05) is 86.6 Å². The molecule has 5 atom stereocenters. The first-order chi connectivity index (χ1) is 23.7. The Labute approximate surface area is 290 Å². The van der Waals surface area contributed by atoms with E-state index < -0.39 is 64.3 Å². The van der Waals surface area contributed by atoms with E-state index >= 15 is 0 Å². The van der Waals surface area contributed by atoms with Crippen molar-refractivity contribution in [3.05, 3.63) is 100 Å². The van der Waals surface area contributed by atoms with Crippen molar-refractivity contribution >= 4 is 28.8 Å². The number of aliphatic hydroxyl groups is 3. The maximum atomic E-state index is 14.4. The van der Waals surface area contributed by atoms with Gasteiger partial charge in [0.1, 0.15) is 22.8 Å². The lowest BCUT2D eigenvalue weighted by Crippen LogP contribution is -2.63. The minimum absolute atomic E-state index is 0.0145. The molecule has 3 aliphatic carbocycles. The molecule has 12 nitrogen and oxygen atoms in total.